The largest absolute Gasteiger partial charge is 0.0622 e. The van der Waals surface area contributed by atoms with Crippen LogP contribution in [0.15, 0.2) is 295 Å². The van der Waals surface area contributed by atoms with E-state index in [9.17, 15) is 0 Å². The summed E-state index contributed by atoms with van der Waals surface area (Å²) in [5.74, 6) is 2.41. The molecule has 0 amide bonds. The molecule has 0 heterocycles. The van der Waals surface area contributed by atoms with E-state index in [1.165, 1.54) is 83.5 Å². The van der Waals surface area contributed by atoms with Crippen LogP contribution in [0.4, 0.5) is 0 Å². The summed E-state index contributed by atoms with van der Waals surface area (Å²) in [7, 11) is 0. The highest BCUT2D eigenvalue weighted by Crippen LogP contribution is 2.86. The first-order valence-corrected chi connectivity index (χ1v) is 34.1. The topological polar surface area (TPSA) is 0 Å². The average Bonchev–Trinajstić information content (AvgIpc) is 1.40. The van der Waals surface area contributed by atoms with Crippen molar-refractivity contribution in [1.82, 2.24) is 0 Å². The van der Waals surface area contributed by atoms with Crippen molar-refractivity contribution in [2.45, 2.75) is 96.3 Å². The van der Waals surface area contributed by atoms with Crippen LogP contribution >= 0.6 is 0 Å². The second-order valence-electron chi connectivity index (χ2n) is 29.0. The smallest absolute Gasteiger partial charge is 0.0263 e. The maximum absolute atomic E-state index is 2.77. The first kappa shape index (κ1) is 56.9. The number of benzene rings is 10. The Labute approximate surface area is 536 Å². The molecule has 10 aromatic carbocycles. The SMILES string of the molecule is C[C@@H]1[C@H](C)C2(c3cccc(-c4ccccc4)c3)C3=C4C5=C6C3C(c3cccc(-c7ccccc7)c3)([C@H](C)[C@H](C)C6(c3cccc(-c6ccccc6)c3)[C@H](C)[C@H](C)C5(c3cccc(-c5ccccc5)c3)[C@H](C)[C@H](C)C41c1cccc(-c3ccccc3)c1)[C@@H](C)[C@H]2C. The van der Waals surface area contributed by atoms with Gasteiger partial charge in [0.05, 0.1) is 0 Å². The van der Waals surface area contributed by atoms with E-state index in [0.29, 0.717) is 0 Å². The summed E-state index contributed by atoms with van der Waals surface area (Å²) in [6.45, 7) is 27.6. The molecule has 6 unspecified atom stereocenters. The lowest BCUT2D eigenvalue weighted by atomic mass is 9.30. The van der Waals surface area contributed by atoms with E-state index in [2.05, 4.69) is 342 Å². The maximum atomic E-state index is 2.77. The molecule has 6 aliphatic rings. The monoisotopic (exact) mass is 1170 g/mol. The lowest BCUT2D eigenvalue weighted by molar-refractivity contribution is -0.0728. The molecule has 0 radical (unpaired) electrons. The van der Waals surface area contributed by atoms with Gasteiger partial charge in [-0.25, -0.2) is 0 Å². The van der Waals surface area contributed by atoms with Gasteiger partial charge in [0.15, 0.2) is 0 Å². The molecule has 0 bridgehead atoms. The van der Waals surface area contributed by atoms with Crippen molar-refractivity contribution in [3.63, 3.8) is 0 Å². The molecule has 0 aromatic heterocycles. The lowest BCUT2D eigenvalue weighted by Crippen LogP contribution is -2.70. The first-order chi connectivity index (χ1) is 43.8. The molecule has 446 valence electrons. The van der Waals surface area contributed by atoms with Crippen LogP contribution in [0.5, 0.6) is 0 Å². The summed E-state index contributed by atoms with van der Waals surface area (Å²) in [4.78, 5) is 0. The highest BCUT2D eigenvalue weighted by atomic mass is 14.8. The van der Waals surface area contributed by atoms with Gasteiger partial charge in [0.1, 0.15) is 0 Å². The Kier molecular flexibility index (Phi) is 13.2. The molecular weight excluding hydrogens is 1080 g/mol. The van der Waals surface area contributed by atoms with Gasteiger partial charge in [-0.05, 0) is 165 Å². The number of rotatable bonds is 10. The Hall–Kier alpha value is -8.32. The third-order valence-corrected chi connectivity index (χ3v) is 26.8. The summed E-state index contributed by atoms with van der Waals surface area (Å²) in [6.07, 6.45) is 0. The zero-order chi connectivity index (χ0) is 61.6. The average molecular weight is 1170 g/mol. The van der Waals surface area contributed by atoms with Gasteiger partial charge in [-0.1, -0.05) is 342 Å². The van der Waals surface area contributed by atoms with Crippen molar-refractivity contribution in [3.8, 4) is 55.6 Å². The molecule has 0 spiro atoms. The predicted molar refractivity (Wildman–Crippen MR) is 377 cm³/mol. The van der Waals surface area contributed by atoms with Crippen LogP contribution in [0.25, 0.3) is 55.6 Å². The van der Waals surface area contributed by atoms with Crippen LogP contribution in [-0.2, 0) is 27.1 Å². The highest BCUT2D eigenvalue weighted by molar-refractivity contribution is 5.81. The minimum absolute atomic E-state index is 0.0578. The molecule has 3 fully saturated rings. The fourth-order valence-electron chi connectivity index (χ4n) is 22.7. The lowest BCUT2D eigenvalue weighted by Gasteiger charge is -2.72. The number of allylic oxidation sites excluding steroid dienone is 4. The van der Waals surface area contributed by atoms with Crippen molar-refractivity contribution in [1.29, 1.82) is 0 Å². The van der Waals surface area contributed by atoms with Crippen LogP contribution in [0, 0.1) is 65.1 Å². The zero-order valence-corrected chi connectivity index (χ0v) is 54.3. The van der Waals surface area contributed by atoms with E-state index in [1.807, 2.05) is 0 Å². The Bertz CT molecular complexity index is 4210. The van der Waals surface area contributed by atoms with Gasteiger partial charge in [-0.2, -0.15) is 0 Å². The normalized spacial score (nSPS) is 32.8. The van der Waals surface area contributed by atoms with Crippen molar-refractivity contribution < 1.29 is 0 Å². The molecule has 0 aliphatic heterocycles. The van der Waals surface area contributed by atoms with Gasteiger partial charge in [0, 0.05) is 33.0 Å². The molecule has 0 saturated heterocycles. The van der Waals surface area contributed by atoms with E-state index in [1.54, 1.807) is 22.3 Å². The van der Waals surface area contributed by atoms with Gasteiger partial charge in [-0.3, -0.25) is 0 Å². The van der Waals surface area contributed by atoms with E-state index >= 15 is 0 Å². The molecule has 10 aromatic rings. The van der Waals surface area contributed by atoms with Crippen molar-refractivity contribution >= 4 is 0 Å². The number of hydrogen-bond acceptors (Lipinski definition) is 0. The molecule has 0 N–H and O–H groups in total. The molecule has 0 nitrogen and oxygen atoms in total. The Morgan fingerprint density at radius 1 is 0.189 bits per heavy atom. The third-order valence-electron chi connectivity index (χ3n) is 26.8. The minimum Gasteiger partial charge on any atom is -0.0622 e. The summed E-state index contributed by atoms with van der Waals surface area (Å²) < 4.78 is 0. The fraction of sp³-hybridized carbons (Fsp3) is 0.289. The van der Waals surface area contributed by atoms with Gasteiger partial charge in [0.2, 0.25) is 0 Å². The Balaban J connectivity index is 1.14. The van der Waals surface area contributed by atoms with Gasteiger partial charge in [-0.15, -0.1) is 0 Å². The summed E-state index contributed by atoms with van der Waals surface area (Å²) in [5, 5.41) is 0. The summed E-state index contributed by atoms with van der Waals surface area (Å²) in [6, 6.07) is 107. The standard InChI is InChI=1S/C90H86/c1-56-57(2)87(77-47-27-42-72(52-77)67-33-18-12-19-34-67)60(5)61(6)89(79-49-29-44-74(54-79)69-37-22-14-23-38-69)64(9)65(10)90(80-50-30-45-75(55-80)70-39-24-15-25-40-70)63(8)62(7)88(78-48-28-43-73(53-78)68-35-20-13-21-36-68)59(4)58(3)86(56,81-82(87)84(89)85(90)83(81)88)76-46-26-41-71(51-76)66-31-16-11-17-32-66/h11-65,81H,1-10H3/t56-,57+,58+,59-,60-,61+,62+,63-,64-,65+,81?,86?,87?,88?,89?,90?. The molecule has 6 aliphatic carbocycles. The molecule has 90 heavy (non-hydrogen) atoms. The van der Waals surface area contributed by atoms with Crippen LogP contribution < -0.4 is 0 Å². The first-order valence-electron chi connectivity index (χ1n) is 34.1. The summed E-state index contributed by atoms with van der Waals surface area (Å²) >= 11 is 0. The highest BCUT2D eigenvalue weighted by Gasteiger charge is 2.82. The van der Waals surface area contributed by atoms with Crippen LogP contribution in [0.3, 0.4) is 0 Å². The molecule has 16 rings (SSSR count). The van der Waals surface area contributed by atoms with E-state index in [0.717, 1.165) is 0 Å². The van der Waals surface area contributed by atoms with Gasteiger partial charge < -0.3 is 0 Å². The van der Waals surface area contributed by atoms with Crippen molar-refractivity contribution in [2.75, 3.05) is 0 Å². The molecule has 0 heteroatoms. The molecular formula is C90H86. The van der Waals surface area contributed by atoms with Crippen LogP contribution in [0.2, 0.25) is 0 Å². The summed E-state index contributed by atoms with van der Waals surface area (Å²) in [5.41, 5.74) is 25.5. The van der Waals surface area contributed by atoms with Crippen LogP contribution in [0.1, 0.15) is 97.1 Å². The zero-order valence-electron chi connectivity index (χ0n) is 54.3. The Morgan fingerprint density at radius 2 is 0.389 bits per heavy atom. The van der Waals surface area contributed by atoms with Gasteiger partial charge >= 0.3 is 0 Å². The molecule has 3 saturated carbocycles. The van der Waals surface area contributed by atoms with Crippen molar-refractivity contribution in [3.05, 3.63) is 323 Å². The van der Waals surface area contributed by atoms with E-state index in [4.69, 9.17) is 0 Å². The molecule has 16 atom stereocenters. The third kappa shape index (κ3) is 7.20. The maximum Gasteiger partial charge on any atom is 0.0263 e. The Morgan fingerprint density at radius 3 is 0.656 bits per heavy atom. The van der Waals surface area contributed by atoms with E-state index in [-0.39, 0.29) is 92.2 Å². The fourth-order valence-corrected chi connectivity index (χ4v) is 22.7. The van der Waals surface area contributed by atoms with E-state index < -0.39 is 0 Å². The van der Waals surface area contributed by atoms with Gasteiger partial charge in [0.25, 0.3) is 0 Å². The van der Waals surface area contributed by atoms with Crippen LogP contribution in [-0.4, -0.2) is 0 Å². The number of hydrogen-bond donors (Lipinski definition) is 0. The quantitative estimate of drug-likeness (QED) is 0.128. The second-order valence-corrected chi connectivity index (χ2v) is 29.0. The van der Waals surface area contributed by atoms with Crippen molar-refractivity contribution in [2.24, 2.45) is 65.1 Å². The predicted octanol–water partition coefficient (Wildman–Crippen LogP) is 22.7. The second kappa shape index (κ2) is 20.9. The minimum atomic E-state index is -0.387.